The summed E-state index contributed by atoms with van der Waals surface area (Å²) in [6, 6.07) is 1.55. The minimum Gasteiger partial charge on any atom is -0.492 e. The molecule has 0 aliphatic heterocycles. The third kappa shape index (κ3) is 2.57. The van der Waals surface area contributed by atoms with Crippen LogP contribution in [-0.4, -0.2) is 20.8 Å². The molecule has 0 spiro atoms. The SMILES string of the molecule is COc1c(CCCN)cc(Cl)c(F)c1OC. The third-order valence-corrected chi connectivity index (χ3v) is 2.54. The summed E-state index contributed by atoms with van der Waals surface area (Å²) in [6.45, 7) is 0.556. The molecule has 5 heteroatoms. The number of nitrogens with two attached hydrogens (primary N) is 1. The lowest BCUT2D eigenvalue weighted by Crippen LogP contribution is -2.04. The summed E-state index contributed by atoms with van der Waals surface area (Å²) < 4.78 is 23.7. The van der Waals surface area contributed by atoms with Crippen LogP contribution in [0.1, 0.15) is 12.0 Å². The Labute approximate surface area is 99.3 Å². The molecule has 0 radical (unpaired) electrons. The normalized spacial score (nSPS) is 10.3. The summed E-state index contributed by atoms with van der Waals surface area (Å²) in [7, 11) is 2.85. The van der Waals surface area contributed by atoms with Crippen molar-refractivity contribution in [2.24, 2.45) is 5.73 Å². The van der Waals surface area contributed by atoms with Crippen molar-refractivity contribution in [1.29, 1.82) is 0 Å². The van der Waals surface area contributed by atoms with Crippen LogP contribution in [0, 0.1) is 5.82 Å². The monoisotopic (exact) mass is 247 g/mol. The Kier molecular flexibility index (Phi) is 4.83. The smallest absolute Gasteiger partial charge is 0.198 e. The standard InChI is InChI=1S/C11H15ClFNO2/c1-15-10-7(4-3-5-14)6-8(12)9(13)11(10)16-2/h6H,3-5,14H2,1-2H3. The third-order valence-electron chi connectivity index (χ3n) is 2.27. The predicted octanol–water partition coefficient (Wildman–Crippen LogP) is 2.39. The van der Waals surface area contributed by atoms with E-state index in [9.17, 15) is 4.39 Å². The first kappa shape index (κ1) is 13.1. The van der Waals surface area contributed by atoms with Gasteiger partial charge in [0.25, 0.3) is 0 Å². The fourth-order valence-electron chi connectivity index (χ4n) is 1.52. The Bertz CT molecular complexity index is 371. The number of halogens is 2. The molecule has 0 atom stereocenters. The lowest BCUT2D eigenvalue weighted by atomic mass is 10.1. The number of hydrogen-bond donors (Lipinski definition) is 1. The number of benzene rings is 1. The molecule has 0 bridgehead atoms. The predicted molar refractivity (Wildman–Crippen MR) is 61.9 cm³/mol. The van der Waals surface area contributed by atoms with E-state index in [1.807, 2.05) is 0 Å². The van der Waals surface area contributed by atoms with E-state index in [-0.39, 0.29) is 10.8 Å². The maximum atomic E-state index is 13.6. The van der Waals surface area contributed by atoms with Crippen LogP contribution in [-0.2, 0) is 6.42 Å². The maximum Gasteiger partial charge on any atom is 0.198 e. The van der Waals surface area contributed by atoms with Crippen molar-refractivity contribution in [3.63, 3.8) is 0 Å². The average molecular weight is 248 g/mol. The van der Waals surface area contributed by atoms with Gasteiger partial charge >= 0.3 is 0 Å². The molecule has 2 N–H and O–H groups in total. The molecular weight excluding hydrogens is 233 g/mol. The molecule has 0 aliphatic carbocycles. The highest BCUT2D eigenvalue weighted by Crippen LogP contribution is 2.38. The van der Waals surface area contributed by atoms with E-state index in [1.54, 1.807) is 6.07 Å². The van der Waals surface area contributed by atoms with Crippen LogP contribution in [0.2, 0.25) is 5.02 Å². The number of rotatable bonds is 5. The second-order valence-corrected chi connectivity index (χ2v) is 3.70. The van der Waals surface area contributed by atoms with Gasteiger partial charge in [-0.05, 0) is 31.0 Å². The van der Waals surface area contributed by atoms with Crippen LogP contribution in [0.5, 0.6) is 11.5 Å². The quantitative estimate of drug-likeness (QED) is 0.869. The van der Waals surface area contributed by atoms with Crippen LogP contribution < -0.4 is 15.2 Å². The molecule has 0 fully saturated rings. The van der Waals surface area contributed by atoms with Crippen molar-refractivity contribution < 1.29 is 13.9 Å². The molecule has 0 aliphatic rings. The molecule has 0 amide bonds. The van der Waals surface area contributed by atoms with Crippen molar-refractivity contribution in [1.82, 2.24) is 0 Å². The molecule has 1 rings (SSSR count). The zero-order chi connectivity index (χ0) is 12.1. The van der Waals surface area contributed by atoms with Gasteiger partial charge in [0, 0.05) is 0 Å². The van der Waals surface area contributed by atoms with Gasteiger partial charge in [-0.3, -0.25) is 0 Å². The number of methoxy groups -OCH3 is 2. The Hall–Kier alpha value is -1.00. The number of hydrogen-bond acceptors (Lipinski definition) is 3. The van der Waals surface area contributed by atoms with Crippen molar-refractivity contribution in [2.75, 3.05) is 20.8 Å². The fourth-order valence-corrected chi connectivity index (χ4v) is 1.74. The Morgan fingerprint density at radius 2 is 1.94 bits per heavy atom. The lowest BCUT2D eigenvalue weighted by molar-refractivity contribution is 0.334. The van der Waals surface area contributed by atoms with E-state index in [1.165, 1.54) is 14.2 Å². The van der Waals surface area contributed by atoms with Crippen molar-refractivity contribution >= 4 is 11.6 Å². The second-order valence-electron chi connectivity index (χ2n) is 3.29. The highest BCUT2D eigenvalue weighted by atomic mass is 35.5. The van der Waals surface area contributed by atoms with Crippen LogP contribution >= 0.6 is 11.6 Å². The van der Waals surface area contributed by atoms with Gasteiger partial charge in [-0.25, -0.2) is 4.39 Å². The van der Waals surface area contributed by atoms with E-state index in [0.29, 0.717) is 18.7 Å². The fraction of sp³-hybridized carbons (Fsp3) is 0.455. The summed E-state index contributed by atoms with van der Waals surface area (Å²) in [6.07, 6.45) is 1.46. The first-order valence-electron chi connectivity index (χ1n) is 4.94. The molecule has 1 aromatic carbocycles. The van der Waals surface area contributed by atoms with Crippen LogP contribution in [0.4, 0.5) is 4.39 Å². The van der Waals surface area contributed by atoms with Gasteiger partial charge in [0.15, 0.2) is 17.3 Å². The van der Waals surface area contributed by atoms with Gasteiger partial charge in [0.1, 0.15) is 0 Å². The molecule has 0 aromatic heterocycles. The van der Waals surface area contributed by atoms with Crippen LogP contribution in [0.3, 0.4) is 0 Å². The number of ether oxygens (including phenoxy) is 2. The minimum absolute atomic E-state index is 0.0321. The molecular formula is C11H15ClFNO2. The Morgan fingerprint density at radius 1 is 1.31 bits per heavy atom. The topological polar surface area (TPSA) is 44.5 Å². The Balaban J connectivity index is 3.20. The van der Waals surface area contributed by atoms with Gasteiger partial charge in [-0.1, -0.05) is 11.6 Å². The van der Waals surface area contributed by atoms with Crippen LogP contribution in [0.25, 0.3) is 0 Å². The molecule has 3 nitrogen and oxygen atoms in total. The van der Waals surface area contributed by atoms with Gasteiger partial charge < -0.3 is 15.2 Å². The van der Waals surface area contributed by atoms with E-state index in [4.69, 9.17) is 26.8 Å². The van der Waals surface area contributed by atoms with Crippen molar-refractivity contribution in [2.45, 2.75) is 12.8 Å². The molecule has 90 valence electrons. The first-order valence-corrected chi connectivity index (χ1v) is 5.32. The summed E-state index contributed by atoms with van der Waals surface area (Å²) in [5, 5.41) is 0.0321. The molecule has 0 saturated carbocycles. The van der Waals surface area contributed by atoms with Gasteiger partial charge in [-0.2, -0.15) is 0 Å². The van der Waals surface area contributed by atoms with E-state index < -0.39 is 5.82 Å². The summed E-state index contributed by atoms with van der Waals surface area (Å²) >= 11 is 5.76. The van der Waals surface area contributed by atoms with E-state index in [2.05, 4.69) is 0 Å². The molecule has 0 unspecified atom stereocenters. The Morgan fingerprint density at radius 3 is 2.44 bits per heavy atom. The molecule has 16 heavy (non-hydrogen) atoms. The highest BCUT2D eigenvalue weighted by Gasteiger charge is 2.18. The summed E-state index contributed by atoms with van der Waals surface area (Å²) in [5.74, 6) is -0.169. The number of aryl methyl sites for hydroxylation is 1. The minimum atomic E-state index is -0.600. The lowest BCUT2D eigenvalue weighted by Gasteiger charge is -2.14. The van der Waals surface area contributed by atoms with Crippen molar-refractivity contribution in [3.05, 3.63) is 22.5 Å². The van der Waals surface area contributed by atoms with Gasteiger partial charge in [0.05, 0.1) is 19.2 Å². The van der Waals surface area contributed by atoms with E-state index in [0.717, 1.165) is 12.0 Å². The highest BCUT2D eigenvalue weighted by molar-refractivity contribution is 6.31. The van der Waals surface area contributed by atoms with E-state index >= 15 is 0 Å². The molecule has 0 saturated heterocycles. The average Bonchev–Trinajstić information content (AvgIpc) is 2.29. The van der Waals surface area contributed by atoms with Crippen molar-refractivity contribution in [3.8, 4) is 11.5 Å². The van der Waals surface area contributed by atoms with Crippen LogP contribution in [0.15, 0.2) is 6.07 Å². The van der Waals surface area contributed by atoms with Gasteiger partial charge in [0.2, 0.25) is 0 Å². The summed E-state index contributed by atoms with van der Waals surface area (Å²) in [4.78, 5) is 0. The first-order chi connectivity index (χ1) is 7.65. The van der Waals surface area contributed by atoms with Gasteiger partial charge in [-0.15, -0.1) is 0 Å². The molecule has 0 heterocycles. The zero-order valence-corrected chi connectivity index (χ0v) is 10.1. The maximum absolute atomic E-state index is 13.6. The largest absolute Gasteiger partial charge is 0.492 e. The summed E-state index contributed by atoms with van der Waals surface area (Å²) in [5.41, 5.74) is 6.23. The second kappa shape index (κ2) is 5.92. The zero-order valence-electron chi connectivity index (χ0n) is 9.35. The molecule has 1 aromatic rings.